The van der Waals surface area contributed by atoms with Gasteiger partial charge in [0.25, 0.3) is 0 Å². The molecule has 0 bridgehead atoms. The van der Waals surface area contributed by atoms with Gasteiger partial charge in [-0.25, -0.2) is 4.98 Å². The number of carbonyl (C=O) groups is 2. The standard InChI is InChI=1S/C13H15N3O2/c17-12-7-9(8-16(12)10-4-5-10)13(18)15-11-3-1-2-6-14-11/h1-3,6,9-10H,4-5,7-8H2,(H,14,15,18). The van der Waals surface area contributed by atoms with E-state index in [9.17, 15) is 9.59 Å². The first-order valence-corrected chi connectivity index (χ1v) is 6.25. The van der Waals surface area contributed by atoms with Crippen LogP contribution in [0.2, 0.25) is 0 Å². The summed E-state index contributed by atoms with van der Waals surface area (Å²) >= 11 is 0. The molecule has 3 rings (SSSR count). The lowest BCUT2D eigenvalue weighted by Gasteiger charge is -2.15. The summed E-state index contributed by atoms with van der Waals surface area (Å²) in [6, 6.07) is 5.75. The van der Waals surface area contributed by atoms with Gasteiger partial charge in [-0.05, 0) is 25.0 Å². The number of nitrogens with one attached hydrogen (secondary N) is 1. The quantitative estimate of drug-likeness (QED) is 0.865. The summed E-state index contributed by atoms with van der Waals surface area (Å²) in [7, 11) is 0. The number of hydrogen-bond donors (Lipinski definition) is 1. The van der Waals surface area contributed by atoms with E-state index >= 15 is 0 Å². The molecule has 5 nitrogen and oxygen atoms in total. The SMILES string of the molecule is O=C(Nc1ccccn1)C1CC(=O)N(C2CC2)C1. The average Bonchev–Trinajstić information content (AvgIpc) is 3.14. The molecule has 1 aliphatic heterocycles. The topological polar surface area (TPSA) is 62.3 Å². The average molecular weight is 245 g/mol. The van der Waals surface area contributed by atoms with E-state index in [1.165, 1.54) is 0 Å². The van der Waals surface area contributed by atoms with E-state index in [-0.39, 0.29) is 17.7 Å². The summed E-state index contributed by atoms with van der Waals surface area (Å²) in [6.45, 7) is 0.558. The first-order valence-electron chi connectivity index (χ1n) is 6.25. The monoisotopic (exact) mass is 245 g/mol. The van der Waals surface area contributed by atoms with Crippen LogP contribution in [0.15, 0.2) is 24.4 Å². The number of amides is 2. The number of nitrogens with zero attached hydrogens (tertiary/aromatic N) is 2. The minimum Gasteiger partial charge on any atom is -0.339 e. The number of anilines is 1. The van der Waals surface area contributed by atoms with Gasteiger partial charge in [-0.2, -0.15) is 0 Å². The van der Waals surface area contributed by atoms with Crippen molar-refractivity contribution in [2.24, 2.45) is 5.92 Å². The van der Waals surface area contributed by atoms with Crippen molar-refractivity contribution in [3.63, 3.8) is 0 Å². The fraction of sp³-hybridized carbons (Fsp3) is 0.462. The number of rotatable bonds is 3. The summed E-state index contributed by atoms with van der Waals surface area (Å²) in [5, 5.41) is 2.76. The van der Waals surface area contributed by atoms with Gasteiger partial charge in [-0.3, -0.25) is 9.59 Å². The second kappa shape index (κ2) is 4.40. The molecule has 5 heteroatoms. The molecule has 1 aromatic rings. The van der Waals surface area contributed by atoms with Crippen molar-refractivity contribution in [1.29, 1.82) is 0 Å². The van der Waals surface area contributed by atoms with Crippen LogP contribution in [0.4, 0.5) is 5.82 Å². The van der Waals surface area contributed by atoms with Crippen LogP contribution in [0.25, 0.3) is 0 Å². The molecule has 0 aromatic carbocycles. The third-order valence-electron chi connectivity index (χ3n) is 3.43. The Labute approximate surface area is 105 Å². The Bertz CT molecular complexity index is 470. The Morgan fingerprint density at radius 3 is 2.89 bits per heavy atom. The number of aromatic nitrogens is 1. The van der Waals surface area contributed by atoms with Crippen molar-refractivity contribution in [3.8, 4) is 0 Å². The van der Waals surface area contributed by atoms with Crippen molar-refractivity contribution in [1.82, 2.24) is 9.88 Å². The van der Waals surface area contributed by atoms with E-state index in [0.29, 0.717) is 24.8 Å². The molecular formula is C13H15N3O2. The van der Waals surface area contributed by atoms with Crippen LogP contribution in [0.1, 0.15) is 19.3 Å². The fourth-order valence-corrected chi connectivity index (χ4v) is 2.31. The van der Waals surface area contributed by atoms with E-state index in [1.54, 1.807) is 18.3 Å². The van der Waals surface area contributed by atoms with Crippen LogP contribution in [0.3, 0.4) is 0 Å². The van der Waals surface area contributed by atoms with Gasteiger partial charge in [0.2, 0.25) is 11.8 Å². The smallest absolute Gasteiger partial charge is 0.230 e. The molecule has 94 valence electrons. The summed E-state index contributed by atoms with van der Waals surface area (Å²) in [6.07, 6.45) is 4.13. The Morgan fingerprint density at radius 1 is 1.39 bits per heavy atom. The summed E-state index contributed by atoms with van der Waals surface area (Å²) in [4.78, 5) is 29.7. The summed E-state index contributed by atoms with van der Waals surface area (Å²) in [5.74, 6) is 0.309. The summed E-state index contributed by atoms with van der Waals surface area (Å²) < 4.78 is 0. The number of pyridine rings is 1. The molecule has 2 fully saturated rings. The maximum atomic E-state index is 12.0. The molecule has 2 aliphatic rings. The van der Waals surface area contributed by atoms with Gasteiger partial charge in [0.1, 0.15) is 5.82 Å². The second-order valence-electron chi connectivity index (χ2n) is 4.88. The van der Waals surface area contributed by atoms with Crippen LogP contribution in [-0.4, -0.2) is 34.3 Å². The first-order chi connectivity index (χ1) is 8.74. The van der Waals surface area contributed by atoms with Gasteiger partial charge in [0, 0.05) is 25.2 Å². The molecule has 0 radical (unpaired) electrons. The summed E-state index contributed by atoms with van der Waals surface area (Å²) in [5.41, 5.74) is 0. The Kier molecular flexibility index (Phi) is 2.74. The van der Waals surface area contributed by atoms with Crippen LogP contribution in [0, 0.1) is 5.92 Å². The molecular weight excluding hydrogens is 230 g/mol. The van der Waals surface area contributed by atoms with Crippen molar-refractivity contribution in [2.75, 3.05) is 11.9 Å². The first kappa shape index (κ1) is 11.2. The molecule has 2 amide bonds. The van der Waals surface area contributed by atoms with Gasteiger partial charge in [0.05, 0.1) is 5.92 Å². The highest BCUT2D eigenvalue weighted by molar-refractivity contribution is 5.96. The maximum absolute atomic E-state index is 12.0. The Morgan fingerprint density at radius 2 is 2.22 bits per heavy atom. The Balaban J connectivity index is 1.62. The van der Waals surface area contributed by atoms with Gasteiger partial charge >= 0.3 is 0 Å². The number of carbonyl (C=O) groups excluding carboxylic acids is 2. The van der Waals surface area contributed by atoms with Crippen molar-refractivity contribution >= 4 is 17.6 Å². The lowest BCUT2D eigenvalue weighted by atomic mass is 10.1. The predicted octanol–water partition coefficient (Wildman–Crippen LogP) is 1.03. The van der Waals surface area contributed by atoms with Gasteiger partial charge in [-0.1, -0.05) is 6.07 Å². The molecule has 1 saturated carbocycles. The van der Waals surface area contributed by atoms with Crippen LogP contribution < -0.4 is 5.32 Å². The molecule has 1 saturated heterocycles. The third kappa shape index (κ3) is 2.20. The molecule has 2 heterocycles. The predicted molar refractivity (Wildman–Crippen MR) is 65.7 cm³/mol. The maximum Gasteiger partial charge on any atom is 0.230 e. The van der Waals surface area contributed by atoms with E-state index in [0.717, 1.165) is 12.8 Å². The normalized spacial score (nSPS) is 23.2. The fourth-order valence-electron chi connectivity index (χ4n) is 2.31. The van der Waals surface area contributed by atoms with Crippen molar-refractivity contribution in [3.05, 3.63) is 24.4 Å². The third-order valence-corrected chi connectivity index (χ3v) is 3.43. The molecule has 1 aliphatic carbocycles. The zero-order chi connectivity index (χ0) is 12.5. The van der Waals surface area contributed by atoms with Crippen molar-refractivity contribution in [2.45, 2.75) is 25.3 Å². The zero-order valence-corrected chi connectivity index (χ0v) is 10.0. The van der Waals surface area contributed by atoms with Crippen LogP contribution in [0.5, 0.6) is 0 Å². The zero-order valence-electron chi connectivity index (χ0n) is 10.0. The minimum absolute atomic E-state index is 0.106. The highest BCUT2D eigenvalue weighted by atomic mass is 16.2. The van der Waals surface area contributed by atoms with E-state index < -0.39 is 0 Å². The van der Waals surface area contributed by atoms with Crippen LogP contribution in [-0.2, 0) is 9.59 Å². The largest absolute Gasteiger partial charge is 0.339 e. The minimum atomic E-state index is -0.236. The van der Waals surface area contributed by atoms with E-state index in [1.807, 2.05) is 11.0 Å². The number of likely N-dealkylation sites (tertiary alicyclic amines) is 1. The lowest BCUT2D eigenvalue weighted by molar-refractivity contribution is -0.128. The molecule has 1 aromatic heterocycles. The highest BCUT2D eigenvalue weighted by Crippen LogP contribution is 2.32. The second-order valence-corrected chi connectivity index (χ2v) is 4.88. The van der Waals surface area contributed by atoms with Gasteiger partial charge in [0.15, 0.2) is 0 Å². The molecule has 1 unspecified atom stereocenters. The van der Waals surface area contributed by atoms with Gasteiger partial charge in [-0.15, -0.1) is 0 Å². The van der Waals surface area contributed by atoms with E-state index in [4.69, 9.17) is 0 Å². The molecule has 1 N–H and O–H groups in total. The molecule has 0 spiro atoms. The van der Waals surface area contributed by atoms with Crippen LogP contribution >= 0.6 is 0 Å². The van der Waals surface area contributed by atoms with Crippen molar-refractivity contribution < 1.29 is 9.59 Å². The van der Waals surface area contributed by atoms with Gasteiger partial charge < -0.3 is 10.2 Å². The lowest BCUT2D eigenvalue weighted by Crippen LogP contribution is -2.30. The molecule has 18 heavy (non-hydrogen) atoms. The Hall–Kier alpha value is -1.91. The number of hydrogen-bond acceptors (Lipinski definition) is 3. The highest BCUT2D eigenvalue weighted by Gasteiger charge is 2.41. The molecule has 1 atom stereocenters. The van der Waals surface area contributed by atoms with E-state index in [2.05, 4.69) is 10.3 Å².